The van der Waals surface area contributed by atoms with E-state index in [1.807, 2.05) is 41.3 Å². The normalized spacial score (nSPS) is 21.3. The maximum absolute atomic E-state index is 14.1. The van der Waals surface area contributed by atoms with Crippen molar-refractivity contribution < 1.29 is 33.7 Å². The van der Waals surface area contributed by atoms with Crippen molar-refractivity contribution in [2.45, 2.75) is 51.1 Å². The summed E-state index contributed by atoms with van der Waals surface area (Å²) in [5.74, 6) is -0.858. The first-order chi connectivity index (χ1) is 21.7. The highest BCUT2D eigenvalue weighted by molar-refractivity contribution is 5.95. The number of benzene rings is 2. The van der Waals surface area contributed by atoms with Gasteiger partial charge >= 0.3 is 12.0 Å². The quantitative estimate of drug-likeness (QED) is 0.344. The number of carboxylic acids is 1. The minimum absolute atomic E-state index is 0.0387. The lowest BCUT2D eigenvalue weighted by molar-refractivity contribution is -0.143. The Morgan fingerprint density at radius 2 is 2.00 bits per heavy atom. The molecule has 0 spiro atoms. The molecule has 1 unspecified atom stereocenters. The highest BCUT2D eigenvalue weighted by atomic mass is 16.7. The number of fused-ring (bicyclic) bond motifs is 1. The third-order valence-electron chi connectivity index (χ3n) is 9.19. The van der Waals surface area contributed by atoms with Crippen LogP contribution in [-0.2, 0) is 16.1 Å². The fraction of sp³-hybridized carbons (Fsp3) is 0.545. The number of hydrogen-bond donors (Lipinski definition) is 2. The first-order valence-electron chi connectivity index (χ1n) is 15.8. The largest absolute Gasteiger partial charge is 0.493 e. The molecule has 3 atom stereocenters. The molecule has 0 bridgehead atoms. The van der Waals surface area contributed by atoms with E-state index in [1.165, 1.54) is 7.11 Å². The Morgan fingerprint density at radius 3 is 2.73 bits per heavy atom. The van der Waals surface area contributed by atoms with Gasteiger partial charge in [0, 0.05) is 64.0 Å². The van der Waals surface area contributed by atoms with Gasteiger partial charge in [-0.15, -0.1) is 0 Å². The van der Waals surface area contributed by atoms with Crippen molar-refractivity contribution in [2.75, 3.05) is 65.1 Å². The number of ether oxygens (including phenoxy) is 3. The Hall–Kier alpha value is -4.03. The van der Waals surface area contributed by atoms with Crippen molar-refractivity contribution in [1.29, 1.82) is 0 Å². The molecule has 0 aliphatic carbocycles. The van der Waals surface area contributed by atoms with Crippen molar-refractivity contribution >= 4 is 23.6 Å². The molecule has 5 rings (SSSR count). The van der Waals surface area contributed by atoms with Crippen LogP contribution in [0.5, 0.6) is 17.2 Å². The lowest BCUT2D eigenvalue weighted by Gasteiger charge is -2.35. The number of carbonyl (C=O) groups excluding carboxylic acids is 2. The molecule has 12 heteroatoms. The SMILES string of the molecule is CCCCN(C(=O)CN1C[C@H](c2cc(OC)c3c(c2)OCO3)C(C(=O)O)[C@@H]1CCN1CCCN(C)C1=O)c1cccc(CN)c1. The van der Waals surface area contributed by atoms with Crippen molar-refractivity contribution in [3.05, 3.63) is 47.5 Å². The number of nitrogens with zero attached hydrogens (tertiary/aromatic N) is 4. The van der Waals surface area contributed by atoms with E-state index < -0.39 is 23.8 Å². The van der Waals surface area contributed by atoms with Crippen LogP contribution in [0.15, 0.2) is 36.4 Å². The van der Waals surface area contributed by atoms with Crippen LogP contribution < -0.4 is 24.8 Å². The summed E-state index contributed by atoms with van der Waals surface area (Å²) in [4.78, 5) is 47.3. The summed E-state index contributed by atoms with van der Waals surface area (Å²) in [7, 11) is 3.32. The van der Waals surface area contributed by atoms with E-state index in [0.717, 1.165) is 36.1 Å². The molecule has 3 amide bonds. The molecule has 2 aromatic carbocycles. The van der Waals surface area contributed by atoms with Gasteiger partial charge in [-0.3, -0.25) is 14.5 Å². The molecule has 3 aliphatic heterocycles. The summed E-state index contributed by atoms with van der Waals surface area (Å²) in [6, 6.07) is 10.8. The Balaban J connectivity index is 1.46. The molecule has 2 fully saturated rings. The average Bonchev–Trinajstić information content (AvgIpc) is 3.66. The molecule has 2 aromatic rings. The molecular formula is C33H45N5O7. The van der Waals surface area contributed by atoms with Gasteiger partial charge in [0.1, 0.15) is 0 Å². The Bertz CT molecular complexity index is 1390. The minimum Gasteiger partial charge on any atom is -0.493 e. The molecule has 244 valence electrons. The maximum atomic E-state index is 14.1. The number of carboxylic acid groups (broad SMARTS) is 1. The highest BCUT2D eigenvalue weighted by Crippen LogP contribution is 2.47. The van der Waals surface area contributed by atoms with Crippen LogP contribution >= 0.6 is 0 Å². The zero-order valence-electron chi connectivity index (χ0n) is 26.4. The Labute approximate surface area is 264 Å². The second-order valence-corrected chi connectivity index (χ2v) is 12.0. The van der Waals surface area contributed by atoms with Crippen LogP contribution in [0.4, 0.5) is 10.5 Å². The number of methoxy groups -OCH3 is 1. The zero-order chi connectivity index (χ0) is 32.1. The van der Waals surface area contributed by atoms with E-state index in [0.29, 0.717) is 62.9 Å². The third-order valence-corrected chi connectivity index (χ3v) is 9.19. The van der Waals surface area contributed by atoms with Gasteiger partial charge in [-0.2, -0.15) is 0 Å². The zero-order valence-corrected chi connectivity index (χ0v) is 26.4. The smallest absolute Gasteiger partial charge is 0.319 e. The molecule has 0 radical (unpaired) electrons. The summed E-state index contributed by atoms with van der Waals surface area (Å²) in [6.07, 6.45) is 3.01. The van der Waals surface area contributed by atoms with E-state index in [4.69, 9.17) is 19.9 Å². The van der Waals surface area contributed by atoms with Crippen LogP contribution in [0, 0.1) is 5.92 Å². The van der Waals surface area contributed by atoms with Crippen molar-refractivity contribution in [2.24, 2.45) is 11.7 Å². The number of rotatable bonds is 13. The molecule has 3 aliphatic rings. The van der Waals surface area contributed by atoms with E-state index in [-0.39, 0.29) is 25.3 Å². The van der Waals surface area contributed by atoms with Gasteiger partial charge in [-0.25, -0.2) is 4.79 Å². The van der Waals surface area contributed by atoms with Gasteiger partial charge in [0.2, 0.25) is 18.4 Å². The summed E-state index contributed by atoms with van der Waals surface area (Å²) >= 11 is 0. The average molecular weight is 624 g/mol. The van der Waals surface area contributed by atoms with E-state index >= 15 is 0 Å². The molecule has 45 heavy (non-hydrogen) atoms. The topological polar surface area (TPSA) is 138 Å². The number of urea groups is 1. The molecule has 2 saturated heterocycles. The molecule has 3 heterocycles. The number of likely N-dealkylation sites (tertiary alicyclic amines) is 1. The van der Waals surface area contributed by atoms with Gasteiger partial charge in [0.05, 0.1) is 19.6 Å². The van der Waals surface area contributed by atoms with Crippen LogP contribution in [0.25, 0.3) is 0 Å². The molecule has 0 aromatic heterocycles. The fourth-order valence-corrected chi connectivity index (χ4v) is 6.81. The number of nitrogens with two attached hydrogens (primary N) is 1. The number of unbranched alkanes of at least 4 members (excludes halogenated alkanes) is 1. The van der Waals surface area contributed by atoms with Crippen molar-refractivity contribution in [1.82, 2.24) is 14.7 Å². The van der Waals surface area contributed by atoms with E-state index in [2.05, 4.69) is 6.92 Å². The van der Waals surface area contributed by atoms with Crippen LogP contribution in [0.1, 0.15) is 49.7 Å². The highest BCUT2D eigenvalue weighted by Gasteiger charge is 2.48. The minimum atomic E-state index is -0.947. The van der Waals surface area contributed by atoms with Crippen LogP contribution in [0.2, 0.25) is 0 Å². The molecule has 3 N–H and O–H groups in total. The predicted molar refractivity (Wildman–Crippen MR) is 169 cm³/mol. The summed E-state index contributed by atoms with van der Waals surface area (Å²) < 4.78 is 16.8. The summed E-state index contributed by atoms with van der Waals surface area (Å²) in [6.45, 7) is 5.15. The molecule has 0 saturated carbocycles. The van der Waals surface area contributed by atoms with Crippen LogP contribution in [-0.4, -0.2) is 104 Å². The third kappa shape index (κ3) is 6.96. The van der Waals surface area contributed by atoms with Gasteiger partial charge in [-0.1, -0.05) is 25.5 Å². The first-order valence-corrected chi connectivity index (χ1v) is 15.8. The summed E-state index contributed by atoms with van der Waals surface area (Å²) in [5.41, 5.74) is 8.36. The monoisotopic (exact) mass is 623 g/mol. The van der Waals surface area contributed by atoms with E-state index in [9.17, 15) is 19.5 Å². The fourth-order valence-electron chi connectivity index (χ4n) is 6.81. The number of amides is 3. The lowest BCUT2D eigenvalue weighted by atomic mass is 9.84. The van der Waals surface area contributed by atoms with Crippen molar-refractivity contribution in [3.63, 3.8) is 0 Å². The second kappa shape index (κ2) is 14.4. The van der Waals surface area contributed by atoms with Crippen molar-refractivity contribution in [3.8, 4) is 17.2 Å². The van der Waals surface area contributed by atoms with Gasteiger partial charge in [0.15, 0.2) is 11.5 Å². The standard InChI is InChI=1S/C33H45N5O7/c1-4-5-13-38(24-9-6-8-22(15-24)18-34)29(39)20-37-19-25(23-16-27(43-3)31-28(17-23)44-21-45-31)30(32(40)41)26(37)10-14-36-12-7-11-35(2)33(36)42/h6,8-9,15-17,25-26,30H,4-5,7,10-14,18-21,34H2,1-3H3,(H,40,41)/t25-,26+,30?/m1/s1. The predicted octanol–water partition coefficient (Wildman–Crippen LogP) is 3.33. The first kappa shape index (κ1) is 32.4. The summed E-state index contributed by atoms with van der Waals surface area (Å²) in [5, 5.41) is 10.7. The Kier molecular flexibility index (Phi) is 10.3. The number of hydrogen-bond acceptors (Lipinski definition) is 8. The van der Waals surface area contributed by atoms with Crippen LogP contribution in [0.3, 0.4) is 0 Å². The van der Waals surface area contributed by atoms with Gasteiger partial charge in [0.25, 0.3) is 0 Å². The van der Waals surface area contributed by atoms with E-state index in [1.54, 1.807) is 21.7 Å². The lowest BCUT2D eigenvalue weighted by Crippen LogP contribution is -2.50. The number of aliphatic carboxylic acids is 1. The second-order valence-electron chi connectivity index (χ2n) is 12.0. The maximum Gasteiger partial charge on any atom is 0.319 e. The Morgan fingerprint density at radius 1 is 1.18 bits per heavy atom. The molecular weight excluding hydrogens is 578 g/mol. The van der Waals surface area contributed by atoms with Gasteiger partial charge < -0.3 is 39.8 Å². The molecule has 12 nitrogen and oxygen atoms in total. The number of carbonyl (C=O) groups is 3. The number of anilines is 1. The van der Waals surface area contributed by atoms with Gasteiger partial charge in [-0.05, 0) is 54.7 Å².